The highest BCUT2D eigenvalue weighted by atomic mass is 79.9. The Hall–Kier alpha value is -2.28. The van der Waals surface area contributed by atoms with Crippen molar-refractivity contribution in [3.8, 4) is 17.1 Å². The van der Waals surface area contributed by atoms with Gasteiger partial charge < -0.3 is 5.73 Å². The maximum atomic E-state index is 14.1. The Morgan fingerprint density at radius 1 is 1.24 bits per heavy atom. The zero-order chi connectivity index (χ0) is 15.0. The van der Waals surface area contributed by atoms with Gasteiger partial charge in [-0.05, 0) is 47.2 Å². The number of benzene rings is 2. The number of nitrogens with zero attached hydrogens (tertiary/aromatic N) is 4. The van der Waals surface area contributed by atoms with E-state index in [1.54, 1.807) is 18.2 Å². The molecule has 0 saturated heterocycles. The largest absolute Gasteiger partial charge is 0.398 e. The molecule has 106 valence electrons. The van der Waals surface area contributed by atoms with Crippen LogP contribution in [0, 0.1) is 12.7 Å². The van der Waals surface area contributed by atoms with E-state index in [1.807, 2.05) is 19.1 Å². The molecule has 0 aliphatic rings. The summed E-state index contributed by atoms with van der Waals surface area (Å²) in [4.78, 5) is 0. The molecule has 0 fully saturated rings. The zero-order valence-corrected chi connectivity index (χ0v) is 12.7. The van der Waals surface area contributed by atoms with Gasteiger partial charge in [-0.25, -0.2) is 4.39 Å². The molecule has 3 rings (SSSR count). The fourth-order valence-corrected chi connectivity index (χ4v) is 2.40. The molecule has 2 N–H and O–H groups in total. The molecule has 0 unspecified atom stereocenters. The van der Waals surface area contributed by atoms with Gasteiger partial charge in [0.25, 0.3) is 0 Å². The van der Waals surface area contributed by atoms with Crippen molar-refractivity contribution >= 4 is 21.6 Å². The Bertz CT molecular complexity index is 815. The molecule has 3 aromatic rings. The Labute approximate surface area is 128 Å². The van der Waals surface area contributed by atoms with Gasteiger partial charge in [-0.2, -0.15) is 4.68 Å². The molecule has 1 aromatic heterocycles. The Morgan fingerprint density at radius 2 is 2.05 bits per heavy atom. The van der Waals surface area contributed by atoms with Crippen molar-refractivity contribution in [1.82, 2.24) is 20.2 Å². The van der Waals surface area contributed by atoms with Crippen molar-refractivity contribution in [3.63, 3.8) is 0 Å². The van der Waals surface area contributed by atoms with Gasteiger partial charge in [0.2, 0.25) is 0 Å². The number of hydrogen-bond donors (Lipinski definition) is 1. The second kappa shape index (κ2) is 5.25. The molecule has 0 saturated carbocycles. The summed E-state index contributed by atoms with van der Waals surface area (Å²) in [7, 11) is 0. The van der Waals surface area contributed by atoms with Gasteiger partial charge in [0, 0.05) is 15.7 Å². The molecule has 0 amide bonds. The fraction of sp³-hybridized carbons (Fsp3) is 0.0714. The number of halogens is 2. The first kappa shape index (κ1) is 13.7. The Balaban J connectivity index is 2.20. The summed E-state index contributed by atoms with van der Waals surface area (Å²) < 4.78 is 16.1. The smallest absolute Gasteiger partial charge is 0.187 e. The second-order valence-corrected chi connectivity index (χ2v) is 5.45. The average Bonchev–Trinajstić information content (AvgIpc) is 2.91. The van der Waals surface area contributed by atoms with Crippen LogP contribution in [0.3, 0.4) is 0 Å². The first-order valence-corrected chi connectivity index (χ1v) is 6.96. The average molecular weight is 348 g/mol. The number of nitrogens with two attached hydrogens (primary N) is 1. The molecule has 0 aliphatic carbocycles. The summed E-state index contributed by atoms with van der Waals surface area (Å²) in [5.41, 5.74) is 8.44. The van der Waals surface area contributed by atoms with E-state index in [9.17, 15) is 4.39 Å². The van der Waals surface area contributed by atoms with Crippen LogP contribution in [0.25, 0.3) is 17.1 Å². The second-order valence-electron chi connectivity index (χ2n) is 4.53. The number of nitrogen functional groups attached to an aromatic ring is 1. The first-order chi connectivity index (χ1) is 10.1. The van der Waals surface area contributed by atoms with Crippen molar-refractivity contribution in [2.75, 3.05) is 5.73 Å². The highest BCUT2D eigenvalue weighted by molar-refractivity contribution is 9.10. The van der Waals surface area contributed by atoms with Crippen LogP contribution in [0.15, 0.2) is 40.9 Å². The third-order valence-corrected chi connectivity index (χ3v) is 3.72. The maximum Gasteiger partial charge on any atom is 0.187 e. The van der Waals surface area contributed by atoms with Gasteiger partial charge in [0.1, 0.15) is 11.5 Å². The molecule has 2 aromatic carbocycles. The lowest BCUT2D eigenvalue weighted by atomic mass is 10.1. The summed E-state index contributed by atoms with van der Waals surface area (Å²) in [6.45, 7) is 1.88. The lowest BCUT2D eigenvalue weighted by Crippen LogP contribution is -2.04. The zero-order valence-electron chi connectivity index (χ0n) is 11.1. The van der Waals surface area contributed by atoms with Gasteiger partial charge in [0.15, 0.2) is 5.82 Å². The summed E-state index contributed by atoms with van der Waals surface area (Å²) in [6, 6.07) is 10.2. The van der Waals surface area contributed by atoms with Crippen LogP contribution in [0.1, 0.15) is 5.56 Å². The van der Waals surface area contributed by atoms with E-state index in [1.165, 1.54) is 10.7 Å². The van der Waals surface area contributed by atoms with Crippen molar-refractivity contribution in [2.45, 2.75) is 6.92 Å². The molecule has 0 atom stereocenters. The van der Waals surface area contributed by atoms with Crippen molar-refractivity contribution in [3.05, 3.63) is 52.3 Å². The van der Waals surface area contributed by atoms with Crippen molar-refractivity contribution in [1.29, 1.82) is 0 Å². The van der Waals surface area contributed by atoms with Crippen LogP contribution in [0.5, 0.6) is 0 Å². The predicted molar refractivity (Wildman–Crippen MR) is 81.4 cm³/mol. The van der Waals surface area contributed by atoms with Crippen LogP contribution in [-0.4, -0.2) is 20.2 Å². The van der Waals surface area contributed by atoms with Gasteiger partial charge in [-0.3, -0.25) is 0 Å². The molecular formula is C14H11BrFN5. The molecule has 0 radical (unpaired) electrons. The maximum absolute atomic E-state index is 14.1. The van der Waals surface area contributed by atoms with E-state index < -0.39 is 5.82 Å². The van der Waals surface area contributed by atoms with Crippen LogP contribution in [0.2, 0.25) is 0 Å². The van der Waals surface area contributed by atoms with E-state index in [2.05, 4.69) is 31.5 Å². The highest BCUT2D eigenvalue weighted by Gasteiger charge is 2.16. The van der Waals surface area contributed by atoms with Crippen LogP contribution in [-0.2, 0) is 0 Å². The van der Waals surface area contributed by atoms with Crippen molar-refractivity contribution < 1.29 is 4.39 Å². The fourth-order valence-electron chi connectivity index (χ4n) is 2.07. The number of hydrogen-bond acceptors (Lipinski definition) is 4. The summed E-state index contributed by atoms with van der Waals surface area (Å²) in [6.07, 6.45) is 0. The summed E-state index contributed by atoms with van der Waals surface area (Å²) >= 11 is 3.23. The minimum absolute atomic E-state index is 0.278. The quantitative estimate of drug-likeness (QED) is 0.723. The molecule has 0 aliphatic heterocycles. The summed E-state index contributed by atoms with van der Waals surface area (Å²) in [5, 5.41) is 11.5. The van der Waals surface area contributed by atoms with Gasteiger partial charge in [-0.1, -0.05) is 28.1 Å². The van der Waals surface area contributed by atoms with E-state index in [-0.39, 0.29) is 5.69 Å². The van der Waals surface area contributed by atoms with Crippen LogP contribution in [0.4, 0.5) is 10.1 Å². The monoisotopic (exact) mass is 347 g/mol. The number of tetrazole rings is 1. The standard InChI is InChI=1S/C14H11BrFN5/c1-8-10(3-2-4-12(8)17)14-18-19-20-21(14)13-6-5-9(15)7-11(13)16/h2-7H,17H2,1H3. The lowest BCUT2D eigenvalue weighted by molar-refractivity contribution is 0.607. The van der Waals surface area contributed by atoms with E-state index in [0.29, 0.717) is 16.0 Å². The molecule has 7 heteroatoms. The third-order valence-electron chi connectivity index (χ3n) is 3.22. The van der Waals surface area contributed by atoms with E-state index in [0.717, 1.165) is 11.1 Å². The third kappa shape index (κ3) is 2.40. The molecular weight excluding hydrogens is 337 g/mol. The van der Waals surface area contributed by atoms with Crippen molar-refractivity contribution in [2.24, 2.45) is 0 Å². The SMILES string of the molecule is Cc1c(N)cccc1-c1nnnn1-c1ccc(Br)cc1F. The minimum Gasteiger partial charge on any atom is -0.398 e. The van der Waals surface area contributed by atoms with Gasteiger partial charge >= 0.3 is 0 Å². The van der Waals surface area contributed by atoms with Gasteiger partial charge in [0.05, 0.1) is 0 Å². The van der Waals surface area contributed by atoms with E-state index >= 15 is 0 Å². The van der Waals surface area contributed by atoms with E-state index in [4.69, 9.17) is 5.73 Å². The molecule has 0 bridgehead atoms. The number of rotatable bonds is 2. The van der Waals surface area contributed by atoms with Crippen LogP contribution >= 0.6 is 15.9 Å². The lowest BCUT2D eigenvalue weighted by Gasteiger charge is -2.09. The molecule has 1 heterocycles. The highest BCUT2D eigenvalue weighted by Crippen LogP contribution is 2.27. The predicted octanol–water partition coefficient (Wildman–Crippen LogP) is 3.12. The minimum atomic E-state index is -0.417. The number of anilines is 1. The molecule has 5 nitrogen and oxygen atoms in total. The molecule has 21 heavy (non-hydrogen) atoms. The molecule has 0 spiro atoms. The normalized spacial score (nSPS) is 10.8. The summed E-state index contributed by atoms with van der Waals surface area (Å²) in [5.74, 6) is 0.0282. The Morgan fingerprint density at radius 3 is 2.81 bits per heavy atom. The topological polar surface area (TPSA) is 69.6 Å². The van der Waals surface area contributed by atoms with Crippen LogP contribution < -0.4 is 5.73 Å². The van der Waals surface area contributed by atoms with Gasteiger partial charge in [-0.15, -0.1) is 5.10 Å². The first-order valence-electron chi connectivity index (χ1n) is 6.17. The number of aromatic nitrogens is 4. The Kier molecular flexibility index (Phi) is 3.42.